The molecule has 0 aromatic heterocycles. The van der Waals surface area contributed by atoms with Crippen molar-refractivity contribution >= 4 is 0 Å². The highest BCUT2D eigenvalue weighted by atomic mass is 19.1. The van der Waals surface area contributed by atoms with Crippen LogP contribution < -0.4 is 4.74 Å². The number of aliphatic hydroxyl groups is 1. The number of halogens is 1. The molecule has 0 bridgehead atoms. The van der Waals surface area contributed by atoms with Crippen molar-refractivity contribution < 1.29 is 14.2 Å². The van der Waals surface area contributed by atoms with E-state index in [0.29, 0.717) is 11.3 Å². The van der Waals surface area contributed by atoms with Crippen LogP contribution in [0.25, 0.3) is 0 Å². The first-order valence-electron chi connectivity index (χ1n) is 5.02. The summed E-state index contributed by atoms with van der Waals surface area (Å²) in [4.78, 5) is 0. The van der Waals surface area contributed by atoms with Crippen LogP contribution in [0.4, 0.5) is 4.39 Å². The lowest BCUT2D eigenvalue weighted by Crippen LogP contribution is -2.20. The predicted molar refractivity (Wildman–Crippen MR) is 57.8 cm³/mol. The van der Waals surface area contributed by atoms with Gasteiger partial charge in [-0.25, -0.2) is 4.39 Å². The minimum Gasteiger partial charge on any atom is -0.491 e. The number of aliphatic hydroxyl groups excluding tert-OH is 1. The lowest BCUT2D eigenvalue weighted by atomic mass is 9.99. The van der Waals surface area contributed by atoms with Crippen molar-refractivity contribution in [3.05, 3.63) is 29.8 Å². The molecule has 0 spiro atoms. The highest BCUT2D eigenvalue weighted by Gasteiger charge is 2.24. The van der Waals surface area contributed by atoms with Gasteiger partial charge in [-0.2, -0.15) is 0 Å². The average Bonchev–Trinajstić information content (AvgIpc) is 2.18. The SMILES string of the molecule is CC(C)Oc1ccc(C(C)(F)CO)cc1. The molecule has 0 aliphatic heterocycles. The van der Waals surface area contributed by atoms with E-state index in [1.165, 1.54) is 6.92 Å². The van der Waals surface area contributed by atoms with Gasteiger partial charge in [-0.3, -0.25) is 0 Å². The Bertz CT molecular complexity index is 304. The van der Waals surface area contributed by atoms with Gasteiger partial charge in [0.25, 0.3) is 0 Å². The van der Waals surface area contributed by atoms with E-state index in [1.807, 2.05) is 13.8 Å². The molecule has 1 rings (SSSR count). The Labute approximate surface area is 89.7 Å². The minimum absolute atomic E-state index is 0.102. The first-order chi connectivity index (χ1) is 6.95. The van der Waals surface area contributed by atoms with Crippen LogP contribution in [-0.2, 0) is 5.67 Å². The number of benzene rings is 1. The van der Waals surface area contributed by atoms with Gasteiger partial charge in [0, 0.05) is 0 Å². The molecule has 0 aliphatic carbocycles. The van der Waals surface area contributed by atoms with Gasteiger partial charge in [-0.05, 0) is 38.5 Å². The Morgan fingerprint density at radius 1 is 1.33 bits per heavy atom. The maximum absolute atomic E-state index is 13.7. The lowest BCUT2D eigenvalue weighted by molar-refractivity contribution is 0.0867. The molecule has 0 radical (unpaired) electrons. The van der Waals surface area contributed by atoms with Gasteiger partial charge in [0.2, 0.25) is 0 Å². The van der Waals surface area contributed by atoms with Crippen LogP contribution in [0.2, 0.25) is 0 Å². The molecule has 0 heterocycles. The van der Waals surface area contributed by atoms with Crippen LogP contribution >= 0.6 is 0 Å². The van der Waals surface area contributed by atoms with Gasteiger partial charge in [0.15, 0.2) is 5.67 Å². The molecule has 1 aromatic rings. The molecule has 1 aromatic carbocycles. The Hall–Kier alpha value is -1.09. The molecule has 0 aliphatic rings. The summed E-state index contributed by atoms with van der Waals surface area (Å²) in [5.74, 6) is 0.711. The van der Waals surface area contributed by atoms with Crippen molar-refractivity contribution in [2.45, 2.75) is 32.5 Å². The van der Waals surface area contributed by atoms with Crippen LogP contribution in [0.3, 0.4) is 0 Å². The van der Waals surface area contributed by atoms with Crippen molar-refractivity contribution in [3.63, 3.8) is 0 Å². The zero-order chi connectivity index (χ0) is 11.5. The summed E-state index contributed by atoms with van der Waals surface area (Å²) in [6.45, 7) is 4.70. The second kappa shape index (κ2) is 4.62. The van der Waals surface area contributed by atoms with Gasteiger partial charge in [-0.15, -0.1) is 0 Å². The quantitative estimate of drug-likeness (QED) is 0.831. The fraction of sp³-hybridized carbons (Fsp3) is 0.500. The van der Waals surface area contributed by atoms with E-state index in [9.17, 15) is 4.39 Å². The number of rotatable bonds is 4. The van der Waals surface area contributed by atoms with Gasteiger partial charge in [-0.1, -0.05) is 12.1 Å². The van der Waals surface area contributed by atoms with E-state index < -0.39 is 12.3 Å². The molecule has 15 heavy (non-hydrogen) atoms. The van der Waals surface area contributed by atoms with Crippen molar-refractivity contribution in [3.8, 4) is 5.75 Å². The Kier molecular flexibility index (Phi) is 3.69. The third-order valence-electron chi connectivity index (χ3n) is 2.12. The van der Waals surface area contributed by atoms with E-state index in [2.05, 4.69) is 0 Å². The standard InChI is InChI=1S/C12H17FO2/c1-9(2)15-11-6-4-10(5-7-11)12(3,13)8-14/h4-7,9,14H,8H2,1-3H3. The molecular weight excluding hydrogens is 195 g/mol. The highest BCUT2D eigenvalue weighted by molar-refractivity contribution is 5.30. The molecule has 0 saturated heterocycles. The third kappa shape index (κ3) is 3.20. The fourth-order valence-electron chi connectivity index (χ4n) is 1.24. The summed E-state index contributed by atoms with van der Waals surface area (Å²) in [7, 11) is 0. The van der Waals surface area contributed by atoms with Crippen LogP contribution in [0.15, 0.2) is 24.3 Å². The third-order valence-corrected chi connectivity index (χ3v) is 2.12. The van der Waals surface area contributed by atoms with Gasteiger partial charge < -0.3 is 9.84 Å². The second-order valence-corrected chi connectivity index (χ2v) is 4.05. The first kappa shape index (κ1) is 12.0. The van der Waals surface area contributed by atoms with Crippen molar-refractivity contribution in [2.24, 2.45) is 0 Å². The van der Waals surface area contributed by atoms with Crippen molar-refractivity contribution in [2.75, 3.05) is 6.61 Å². The summed E-state index contributed by atoms with van der Waals surface area (Å²) in [5, 5.41) is 8.86. The monoisotopic (exact) mass is 212 g/mol. The predicted octanol–water partition coefficient (Wildman–Crippen LogP) is 2.65. The first-order valence-corrected chi connectivity index (χ1v) is 5.02. The van der Waals surface area contributed by atoms with E-state index in [-0.39, 0.29) is 6.10 Å². The van der Waals surface area contributed by atoms with Crippen LogP contribution in [0, 0.1) is 0 Å². The highest BCUT2D eigenvalue weighted by Crippen LogP contribution is 2.26. The topological polar surface area (TPSA) is 29.5 Å². The van der Waals surface area contributed by atoms with Crippen LogP contribution in [0.1, 0.15) is 26.3 Å². The number of alkyl halides is 1. The molecule has 0 fully saturated rings. The number of ether oxygens (including phenoxy) is 1. The summed E-state index contributed by atoms with van der Waals surface area (Å²) in [6.07, 6.45) is 0.102. The Morgan fingerprint density at radius 3 is 2.27 bits per heavy atom. The fourth-order valence-corrected chi connectivity index (χ4v) is 1.24. The maximum atomic E-state index is 13.7. The molecule has 84 valence electrons. The van der Waals surface area contributed by atoms with E-state index in [1.54, 1.807) is 24.3 Å². The molecule has 2 nitrogen and oxygen atoms in total. The average molecular weight is 212 g/mol. The molecule has 0 saturated carbocycles. The number of hydrogen-bond acceptors (Lipinski definition) is 2. The molecule has 1 N–H and O–H groups in total. The molecule has 3 heteroatoms. The zero-order valence-electron chi connectivity index (χ0n) is 9.33. The van der Waals surface area contributed by atoms with Crippen molar-refractivity contribution in [1.82, 2.24) is 0 Å². The maximum Gasteiger partial charge on any atom is 0.156 e. The Balaban J connectivity index is 2.81. The Morgan fingerprint density at radius 2 is 1.87 bits per heavy atom. The molecular formula is C12H17FO2. The van der Waals surface area contributed by atoms with Gasteiger partial charge >= 0.3 is 0 Å². The molecule has 1 unspecified atom stereocenters. The second-order valence-electron chi connectivity index (χ2n) is 4.05. The normalized spacial score (nSPS) is 15.1. The van der Waals surface area contributed by atoms with E-state index in [0.717, 1.165) is 0 Å². The lowest BCUT2D eigenvalue weighted by Gasteiger charge is -2.18. The summed E-state index contributed by atoms with van der Waals surface area (Å²) < 4.78 is 19.1. The number of hydrogen-bond donors (Lipinski definition) is 1. The van der Waals surface area contributed by atoms with E-state index in [4.69, 9.17) is 9.84 Å². The van der Waals surface area contributed by atoms with Gasteiger partial charge in [0.05, 0.1) is 12.7 Å². The largest absolute Gasteiger partial charge is 0.491 e. The summed E-state index contributed by atoms with van der Waals surface area (Å²) in [6, 6.07) is 6.69. The van der Waals surface area contributed by atoms with Gasteiger partial charge in [0.1, 0.15) is 5.75 Å². The van der Waals surface area contributed by atoms with Crippen LogP contribution in [0.5, 0.6) is 5.75 Å². The summed E-state index contributed by atoms with van der Waals surface area (Å²) >= 11 is 0. The molecule has 1 atom stereocenters. The van der Waals surface area contributed by atoms with Crippen LogP contribution in [-0.4, -0.2) is 17.8 Å². The smallest absolute Gasteiger partial charge is 0.156 e. The summed E-state index contributed by atoms with van der Waals surface area (Å²) in [5.41, 5.74) is -1.22. The minimum atomic E-state index is -1.68. The zero-order valence-corrected chi connectivity index (χ0v) is 9.33. The van der Waals surface area contributed by atoms with E-state index >= 15 is 0 Å². The molecule has 0 amide bonds. The van der Waals surface area contributed by atoms with Crippen molar-refractivity contribution in [1.29, 1.82) is 0 Å².